The molecule has 0 saturated carbocycles. The number of anilines is 1. The second-order valence-corrected chi connectivity index (χ2v) is 13.5. The van der Waals surface area contributed by atoms with Gasteiger partial charge in [0, 0.05) is 42.0 Å². The van der Waals surface area contributed by atoms with Crippen molar-refractivity contribution < 1.29 is 32.9 Å². The summed E-state index contributed by atoms with van der Waals surface area (Å²) in [5.74, 6) is -2.30. The molecule has 9 nitrogen and oxygen atoms in total. The van der Waals surface area contributed by atoms with Gasteiger partial charge in [0.25, 0.3) is 0 Å². The van der Waals surface area contributed by atoms with Gasteiger partial charge in [-0.25, -0.2) is 18.6 Å². The number of benzene rings is 2. The molecule has 3 aliphatic heterocycles. The van der Waals surface area contributed by atoms with E-state index in [1.54, 1.807) is 17.5 Å². The first kappa shape index (κ1) is 32.6. The van der Waals surface area contributed by atoms with Crippen molar-refractivity contribution in [2.45, 2.75) is 77.8 Å². The largest absolute Gasteiger partial charge is 0.486 e. The maximum absolute atomic E-state index is 14.6. The van der Waals surface area contributed by atoms with Crippen LogP contribution < -0.4 is 9.64 Å². The van der Waals surface area contributed by atoms with Crippen LogP contribution in [0.25, 0.3) is 28.0 Å². The van der Waals surface area contributed by atoms with Gasteiger partial charge in [-0.15, -0.1) is 0 Å². The number of halogens is 2. The van der Waals surface area contributed by atoms with Crippen LogP contribution in [0.2, 0.25) is 0 Å². The number of ether oxygens (including phenoxy) is 3. The molecule has 0 radical (unpaired) electrons. The van der Waals surface area contributed by atoms with E-state index >= 15 is 0 Å². The summed E-state index contributed by atoms with van der Waals surface area (Å²) in [6, 6.07) is 11.4. The number of aliphatic carboxylic acids is 1. The molecule has 6 bridgehead atoms. The summed E-state index contributed by atoms with van der Waals surface area (Å²) < 4.78 is 49.3. The number of hydrogen-bond acceptors (Lipinski definition) is 7. The molecule has 1 N–H and O–H groups in total. The molecule has 1 fully saturated rings. The van der Waals surface area contributed by atoms with E-state index in [0.29, 0.717) is 77.6 Å². The standard InChI is InChI=1S/C36H40F2N4O5/c1-21-9-8-16-45-36(6)12-14-41(15-13-36)33-31(32(34(43)44)47-35(3,4)5)22(2)39-30-20-28(40-42(30)33)24-11-7-10-23(17-24)25-18-26(37)27(38)19-29(25)46-21/h7-11,17-21,32H,12-16H2,1-6H3,(H,43,44)/b9-8-/t21-,32-/m0/s1. The SMILES string of the molecule is Cc1nc2cc3nn2c(c1[C@H](OC(C)(C)C)C(=O)O)N1CCC(C)(CC1)OC/C=C\[C@H](C)Oc1cc(F)c(F)cc1-c1cccc-3c1. The van der Waals surface area contributed by atoms with Crippen molar-refractivity contribution in [3.8, 4) is 28.1 Å². The van der Waals surface area contributed by atoms with E-state index in [1.165, 1.54) is 0 Å². The van der Waals surface area contributed by atoms with Crippen LogP contribution in [-0.2, 0) is 14.3 Å². The molecule has 2 aromatic heterocycles. The Morgan fingerprint density at radius 2 is 1.81 bits per heavy atom. The number of hydrogen-bond donors (Lipinski definition) is 1. The Labute approximate surface area is 272 Å². The van der Waals surface area contributed by atoms with Crippen LogP contribution in [0.4, 0.5) is 14.6 Å². The number of piperidine rings is 1. The third-order valence-electron chi connectivity index (χ3n) is 8.62. The van der Waals surface area contributed by atoms with E-state index in [-0.39, 0.29) is 5.75 Å². The fourth-order valence-corrected chi connectivity index (χ4v) is 6.22. The first-order valence-corrected chi connectivity index (χ1v) is 15.8. The lowest BCUT2D eigenvalue weighted by molar-refractivity contribution is -0.160. The lowest BCUT2D eigenvalue weighted by Crippen LogP contribution is -2.45. The molecule has 11 heteroatoms. The number of nitrogens with zero attached hydrogens (tertiary/aromatic N) is 4. The van der Waals surface area contributed by atoms with E-state index < -0.39 is 41.0 Å². The average molecular weight is 647 g/mol. The third kappa shape index (κ3) is 6.73. The fraction of sp³-hybridized carbons (Fsp3) is 0.417. The molecule has 0 amide bonds. The maximum Gasteiger partial charge on any atom is 0.337 e. The molecule has 2 atom stereocenters. The van der Waals surface area contributed by atoms with Gasteiger partial charge in [0.15, 0.2) is 23.4 Å². The molecular weight excluding hydrogens is 606 g/mol. The molecule has 0 spiro atoms. The van der Waals surface area contributed by atoms with Gasteiger partial charge in [0.05, 0.1) is 29.1 Å². The highest BCUT2D eigenvalue weighted by molar-refractivity contribution is 5.80. The minimum absolute atomic E-state index is 0.202. The van der Waals surface area contributed by atoms with Crippen LogP contribution >= 0.6 is 0 Å². The van der Waals surface area contributed by atoms with Gasteiger partial charge in [0.2, 0.25) is 0 Å². The summed E-state index contributed by atoms with van der Waals surface area (Å²) in [7, 11) is 0. The van der Waals surface area contributed by atoms with Crippen molar-refractivity contribution in [3.63, 3.8) is 0 Å². The average Bonchev–Trinajstić information content (AvgIpc) is 3.43. The van der Waals surface area contributed by atoms with Crippen molar-refractivity contribution in [1.82, 2.24) is 14.6 Å². The Kier molecular flexibility index (Phi) is 8.56. The molecule has 4 aromatic rings. The van der Waals surface area contributed by atoms with Crippen molar-refractivity contribution in [1.29, 1.82) is 0 Å². The van der Waals surface area contributed by atoms with Crippen molar-refractivity contribution in [2.75, 3.05) is 24.6 Å². The Balaban J connectivity index is 1.57. The highest BCUT2D eigenvalue weighted by atomic mass is 19.2. The Morgan fingerprint density at radius 3 is 2.51 bits per heavy atom. The zero-order valence-electron chi connectivity index (χ0n) is 27.5. The van der Waals surface area contributed by atoms with Crippen LogP contribution in [0.3, 0.4) is 0 Å². The van der Waals surface area contributed by atoms with Crippen LogP contribution in [0.15, 0.2) is 54.6 Å². The van der Waals surface area contributed by atoms with Crippen LogP contribution in [0.1, 0.15) is 64.8 Å². The number of aromatic nitrogens is 3. The summed E-state index contributed by atoms with van der Waals surface area (Å²) in [6.45, 7) is 12.7. The second-order valence-electron chi connectivity index (χ2n) is 13.5. The van der Waals surface area contributed by atoms with Gasteiger partial charge < -0.3 is 24.2 Å². The lowest BCUT2D eigenvalue weighted by atomic mass is 9.92. The first-order chi connectivity index (χ1) is 22.2. The van der Waals surface area contributed by atoms with Gasteiger partial charge in [-0.2, -0.15) is 9.61 Å². The van der Waals surface area contributed by atoms with Crippen molar-refractivity contribution in [3.05, 3.63) is 77.5 Å². The van der Waals surface area contributed by atoms with E-state index in [2.05, 4.69) is 11.8 Å². The predicted octanol–water partition coefficient (Wildman–Crippen LogP) is 7.30. The predicted molar refractivity (Wildman–Crippen MR) is 175 cm³/mol. The third-order valence-corrected chi connectivity index (χ3v) is 8.62. The van der Waals surface area contributed by atoms with Crippen LogP contribution in [-0.4, -0.2) is 62.7 Å². The molecule has 0 aliphatic carbocycles. The lowest BCUT2D eigenvalue weighted by Gasteiger charge is -2.41. The normalized spacial score (nSPS) is 21.4. The quantitative estimate of drug-likeness (QED) is 0.232. The summed E-state index contributed by atoms with van der Waals surface area (Å²) >= 11 is 0. The van der Waals surface area contributed by atoms with E-state index in [9.17, 15) is 18.7 Å². The number of fused-ring (bicyclic) bond motifs is 6. The number of carboxylic acids is 1. The molecule has 2 aromatic carbocycles. The molecule has 5 heterocycles. The Bertz CT molecular complexity index is 1860. The summed E-state index contributed by atoms with van der Waals surface area (Å²) in [4.78, 5) is 19.7. The molecule has 1 saturated heterocycles. The Morgan fingerprint density at radius 1 is 1.11 bits per heavy atom. The first-order valence-electron chi connectivity index (χ1n) is 15.8. The van der Waals surface area contributed by atoms with Crippen molar-refractivity contribution >= 4 is 17.4 Å². The summed E-state index contributed by atoms with van der Waals surface area (Å²) in [6.07, 6.45) is 3.34. The molecule has 3 aliphatic rings. The monoisotopic (exact) mass is 646 g/mol. The zero-order chi connectivity index (χ0) is 33.7. The summed E-state index contributed by atoms with van der Waals surface area (Å²) in [5, 5.41) is 15.4. The van der Waals surface area contributed by atoms with Gasteiger partial charge in [-0.1, -0.05) is 24.3 Å². The van der Waals surface area contributed by atoms with Gasteiger partial charge in [-0.05, 0) is 78.2 Å². The molecule has 0 unspecified atom stereocenters. The van der Waals surface area contributed by atoms with Gasteiger partial charge in [0.1, 0.15) is 17.7 Å². The number of carbonyl (C=O) groups is 1. The Hall–Kier alpha value is -4.35. The number of carboxylic acid groups (broad SMARTS) is 1. The van der Waals surface area contributed by atoms with Crippen molar-refractivity contribution in [2.24, 2.45) is 0 Å². The second kappa shape index (κ2) is 12.4. The zero-order valence-corrected chi connectivity index (χ0v) is 27.5. The summed E-state index contributed by atoms with van der Waals surface area (Å²) in [5.41, 5.74) is 2.62. The minimum Gasteiger partial charge on any atom is -0.486 e. The molecule has 47 heavy (non-hydrogen) atoms. The van der Waals surface area contributed by atoms with Gasteiger partial charge in [-0.3, -0.25) is 0 Å². The molecular formula is C36H40F2N4O5. The van der Waals surface area contributed by atoms with Gasteiger partial charge >= 0.3 is 5.97 Å². The smallest absolute Gasteiger partial charge is 0.337 e. The highest BCUT2D eigenvalue weighted by Gasteiger charge is 2.38. The maximum atomic E-state index is 14.6. The van der Waals surface area contributed by atoms with E-state index in [0.717, 1.165) is 12.1 Å². The van der Waals surface area contributed by atoms with Crippen LogP contribution in [0.5, 0.6) is 5.75 Å². The minimum atomic E-state index is -1.29. The molecule has 248 valence electrons. The van der Waals surface area contributed by atoms with E-state index in [1.807, 2.05) is 64.1 Å². The molecule has 7 rings (SSSR count). The number of aryl methyl sites for hydroxylation is 1. The fourth-order valence-electron chi connectivity index (χ4n) is 6.22. The number of rotatable bonds is 3. The topological polar surface area (TPSA) is 98.4 Å². The van der Waals surface area contributed by atoms with E-state index in [4.69, 9.17) is 24.3 Å². The van der Waals surface area contributed by atoms with Crippen LogP contribution in [0, 0.1) is 18.6 Å². The highest BCUT2D eigenvalue weighted by Crippen LogP contribution is 2.39.